The van der Waals surface area contributed by atoms with Crippen LogP contribution in [0.5, 0.6) is 0 Å². The molecule has 0 aliphatic rings. The lowest BCUT2D eigenvalue weighted by Gasteiger charge is -2.22. The first-order chi connectivity index (χ1) is 26.9. The van der Waals surface area contributed by atoms with Crippen LogP contribution in [0, 0.1) is 0 Å². The average molecular weight is 803 g/mol. The molecule has 0 amide bonds. The van der Waals surface area contributed by atoms with Gasteiger partial charge in [0.15, 0.2) is 0 Å². The molecular formula is C39H78O16. The van der Waals surface area contributed by atoms with E-state index in [9.17, 15) is 0 Å². The van der Waals surface area contributed by atoms with E-state index in [-0.39, 0.29) is 30.5 Å². The maximum Gasteiger partial charge on any atom is 0.0781 e. The van der Waals surface area contributed by atoms with E-state index in [1.807, 2.05) is 34.6 Å². The number of methoxy groups -OCH3 is 1. The number of rotatable bonds is 47. The van der Waals surface area contributed by atoms with E-state index in [1.54, 1.807) is 13.2 Å². The van der Waals surface area contributed by atoms with Gasteiger partial charge in [-0.2, -0.15) is 0 Å². The van der Waals surface area contributed by atoms with Crippen molar-refractivity contribution >= 4 is 0 Å². The van der Waals surface area contributed by atoms with Crippen LogP contribution >= 0.6 is 0 Å². The van der Waals surface area contributed by atoms with Crippen molar-refractivity contribution in [1.29, 1.82) is 0 Å². The van der Waals surface area contributed by atoms with Crippen LogP contribution in [0.3, 0.4) is 0 Å². The molecule has 5 atom stereocenters. The predicted molar refractivity (Wildman–Crippen MR) is 207 cm³/mol. The molecule has 0 aliphatic heterocycles. The number of hydrogen-bond donors (Lipinski definition) is 0. The molecule has 0 saturated heterocycles. The van der Waals surface area contributed by atoms with Crippen molar-refractivity contribution in [3.63, 3.8) is 0 Å². The first-order valence-electron chi connectivity index (χ1n) is 19.8. The molecule has 16 heteroatoms. The van der Waals surface area contributed by atoms with Crippen LogP contribution in [0.4, 0.5) is 0 Å². The highest BCUT2D eigenvalue weighted by atomic mass is 16.6. The van der Waals surface area contributed by atoms with Gasteiger partial charge in [-0.15, -0.1) is 6.58 Å². The molecule has 55 heavy (non-hydrogen) atoms. The molecule has 0 fully saturated rings. The molecule has 5 unspecified atom stereocenters. The van der Waals surface area contributed by atoms with Crippen LogP contribution in [-0.4, -0.2) is 209 Å². The van der Waals surface area contributed by atoms with Gasteiger partial charge in [0, 0.05) is 7.11 Å². The van der Waals surface area contributed by atoms with E-state index >= 15 is 0 Å². The van der Waals surface area contributed by atoms with Crippen molar-refractivity contribution in [3.05, 3.63) is 12.7 Å². The van der Waals surface area contributed by atoms with Gasteiger partial charge in [-0.3, -0.25) is 0 Å². The van der Waals surface area contributed by atoms with Gasteiger partial charge in [0.25, 0.3) is 0 Å². The standard InChI is InChI=1S/C39H78O16/c1-8-9-50-30-35(2)52-32-37(4)54-34-39(6)55-33-38(5)53-31-36(3)51-29-28-49-27-26-48-25-24-47-23-22-46-21-20-45-19-18-44-17-16-43-15-14-42-13-12-41-11-10-40-7/h8,35-39H,1,9-34H2,2-7H3. The van der Waals surface area contributed by atoms with Crippen LogP contribution < -0.4 is 0 Å². The third-order valence-electron chi connectivity index (χ3n) is 7.09. The Labute approximate surface area is 332 Å². The molecule has 0 saturated carbocycles. The van der Waals surface area contributed by atoms with Crippen LogP contribution in [0.1, 0.15) is 34.6 Å². The zero-order valence-corrected chi connectivity index (χ0v) is 35.1. The minimum atomic E-state index is -0.0649. The summed E-state index contributed by atoms with van der Waals surface area (Å²) < 4.78 is 88.7. The molecule has 0 heterocycles. The van der Waals surface area contributed by atoms with E-state index in [0.717, 1.165) is 0 Å². The van der Waals surface area contributed by atoms with E-state index < -0.39 is 0 Å². The van der Waals surface area contributed by atoms with Gasteiger partial charge in [0.2, 0.25) is 0 Å². The van der Waals surface area contributed by atoms with Crippen molar-refractivity contribution in [3.8, 4) is 0 Å². The summed E-state index contributed by atoms with van der Waals surface area (Å²) >= 11 is 0. The van der Waals surface area contributed by atoms with Crippen LogP contribution in [0.25, 0.3) is 0 Å². The summed E-state index contributed by atoms with van der Waals surface area (Å²) in [6.07, 6.45) is 1.50. The fourth-order valence-electron chi connectivity index (χ4n) is 4.07. The second-order valence-electron chi connectivity index (χ2n) is 12.6. The summed E-state index contributed by atoms with van der Waals surface area (Å²) in [5, 5.41) is 0. The topological polar surface area (TPSA) is 148 Å². The largest absolute Gasteiger partial charge is 0.382 e. The predicted octanol–water partition coefficient (Wildman–Crippen LogP) is 3.01. The van der Waals surface area contributed by atoms with Crippen molar-refractivity contribution in [2.75, 3.05) is 179 Å². The molecule has 0 rings (SSSR count). The van der Waals surface area contributed by atoms with Gasteiger partial charge in [-0.25, -0.2) is 0 Å². The van der Waals surface area contributed by atoms with E-state index in [1.165, 1.54) is 0 Å². The Balaban J connectivity index is 3.35. The van der Waals surface area contributed by atoms with Gasteiger partial charge < -0.3 is 75.8 Å². The first-order valence-corrected chi connectivity index (χ1v) is 19.8. The Bertz CT molecular complexity index is 755. The molecule has 0 N–H and O–H groups in total. The highest BCUT2D eigenvalue weighted by Gasteiger charge is 2.13. The molecule has 0 aromatic carbocycles. The van der Waals surface area contributed by atoms with E-state index in [4.69, 9.17) is 75.8 Å². The number of ether oxygens (including phenoxy) is 16. The molecule has 0 bridgehead atoms. The molecule has 0 aromatic heterocycles. The highest BCUT2D eigenvalue weighted by molar-refractivity contribution is 4.64. The second-order valence-corrected chi connectivity index (χ2v) is 12.6. The molecule has 0 aliphatic carbocycles. The fraction of sp³-hybridized carbons (Fsp3) is 0.949. The van der Waals surface area contributed by atoms with E-state index in [0.29, 0.717) is 172 Å². The molecular weight excluding hydrogens is 724 g/mol. The SMILES string of the molecule is C=CCOCC(C)OCC(C)OCC(C)OCC(C)OCC(C)OCCOCCOCCOCCOCCOCCOCCOCCOCCOCCOC. The third kappa shape index (κ3) is 44.1. The Morgan fingerprint density at radius 1 is 0.309 bits per heavy atom. The Kier molecular flexibility index (Phi) is 43.5. The van der Waals surface area contributed by atoms with E-state index in [2.05, 4.69) is 6.58 Å². The smallest absolute Gasteiger partial charge is 0.0781 e. The van der Waals surface area contributed by atoms with Crippen molar-refractivity contribution in [2.24, 2.45) is 0 Å². The summed E-state index contributed by atoms with van der Waals surface area (Å²) in [5.41, 5.74) is 0. The minimum Gasteiger partial charge on any atom is -0.382 e. The lowest BCUT2D eigenvalue weighted by Crippen LogP contribution is -2.29. The third-order valence-corrected chi connectivity index (χ3v) is 7.09. The van der Waals surface area contributed by atoms with Crippen molar-refractivity contribution < 1.29 is 75.8 Å². The summed E-state index contributed by atoms with van der Waals surface area (Å²) in [6.45, 7) is 26.8. The first kappa shape index (κ1) is 54.1. The van der Waals surface area contributed by atoms with Gasteiger partial charge in [-0.1, -0.05) is 6.08 Å². The Morgan fingerprint density at radius 3 is 0.818 bits per heavy atom. The van der Waals surface area contributed by atoms with Crippen LogP contribution in [0.2, 0.25) is 0 Å². The lowest BCUT2D eigenvalue weighted by atomic mass is 10.3. The van der Waals surface area contributed by atoms with Gasteiger partial charge >= 0.3 is 0 Å². The molecule has 0 aromatic rings. The Hall–Kier alpha value is -0.900. The highest BCUT2D eigenvalue weighted by Crippen LogP contribution is 2.04. The maximum absolute atomic E-state index is 5.88. The van der Waals surface area contributed by atoms with Crippen molar-refractivity contribution in [2.45, 2.75) is 65.1 Å². The lowest BCUT2D eigenvalue weighted by molar-refractivity contribution is -0.101. The zero-order chi connectivity index (χ0) is 40.3. The summed E-state index contributed by atoms with van der Waals surface area (Å²) in [5.74, 6) is 0. The fourth-order valence-corrected chi connectivity index (χ4v) is 4.07. The average Bonchev–Trinajstić information content (AvgIpc) is 3.18. The molecule has 330 valence electrons. The Morgan fingerprint density at radius 2 is 0.545 bits per heavy atom. The quantitative estimate of drug-likeness (QED) is 0.0656. The zero-order valence-electron chi connectivity index (χ0n) is 35.1. The van der Waals surface area contributed by atoms with Gasteiger partial charge in [0.05, 0.1) is 202 Å². The molecule has 0 radical (unpaired) electrons. The minimum absolute atomic E-state index is 0.00107. The second kappa shape index (κ2) is 44.2. The van der Waals surface area contributed by atoms with Crippen LogP contribution in [-0.2, 0) is 75.8 Å². The number of hydrogen-bond acceptors (Lipinski definition) is 16. The maximum atomic E-state index is 5.88. The van der Waals surface area contributed by atoms with Crippen LogP contribution in [0.15, 0.2) is 12.7 Å². The van der Waals surface area contributed by atoms with Gasteiger partial charge in [0.1, 0.15) is 0 Å². The summed E-state index contributed by atoms with van der Waals surface area (Å²) in [7, 11) is 1.65. The van der Waals surface area contributed by atoms with Gasteiger partial charge in [-0.05, 0) is 34.6 Å². The summed E-state index contributed by atoms with van der Waals surface area (Å²) in [4.78, 5) is 0. The summed E-state index contributed by atoms with van der Waals surface area (Å²) in [6, 6.07) is 0. The molecule has 16 nitrogen and oxygen atoms in total. The van der Waals surface area contributed by atoms with Crippen molar-refractivity contribution in [1.82, 2.24) is 0 Å². The molecule has 0 spiro atoms. The normalized spacial score (nSPS) is 14.6. The monoisotopic (exact) mass is 803 g/mol.